The summed E-state index contributed by atoms with van der Waals surface area (Å²) >= 11 is 0. The minimum atomic E-state index is -1.25. The quantitative estimate of drug-likeness (QED) is 0.198. The summed E-state index contributed by atoms with van der Waals surface area (Å²) in [5.74, 6) is 0. The Kier molecular flexibility index (Phi) is 5.17. The smallest absolute Gasteiger partial charge is 0.398 e. The highest BCUT2D eigenvalue weighted by molar-refractivity contribution is 6.55. The average molecular weight is 348 g/mol. The van der Waals surface area contributed by atoms with E-state index in [1.807, 2.05) is 0 Å². The molecular weight excluding hydrogens is 330 g/mol. The van der Waals surface area contributed by atoms with Crippen molar-refractivity contribution in [2.75, 3.05) is 6.54 Å². The molecule has 2 rings (SSSR count). The van der Waals surface area contributed by atoms with Crippen molar-refractivity contribution in [2.24, 2.45) is 5.11 Å². The Morgan fingerprint density at radius 1 is 1.28 bits per heavy atom. The van der Waals surface area contributed by atoms with Crippen LogP contribution in [0.1, 0.15) is 33.3 Å². The van der Waals surface area contributed by atoms with Gasteiger partial charge in [-0.15, -0.1) is 0 Å². The Labute approximate surface area is 144 Å². The molecule has 1 aromatic rings. The molecule has 10 heteroatoms. The van der Waals surface area contributed by atoms with Gasteiger partial charge in [-0.1, -0.05) is 5.11 Å². The van der Waals surface area contributed by atoms with E-state index in [0.717, 1.165) is 0 Å². The largest absolute Gasteiger partial charge is 0.525 e. The van der Waals surface area contributed by atoms with Crippen LogP contribution in [0.5, 0.6) is 0 Å². The lowest BCUT2D eigenvalue weighted by Crippen LogP contribution is -2.41. The zero-order valence-electron chi connectivity index (χ0n) is 14.4. The second kappa shape index (κ2) is 6.83. The molecule has 0 bridgehead atoms. The van der Waals surface area contributed by atoms with Gasteiger partial charge in [0.2, 0.25) is 0 Å². The number of nitro groups is 1. The fourth-order valence-electron chi connectivity index (χ4n) is 2.28. The standard InChI is InChI=1S/C15H18BFN4O4/c1-14(2)15(3,4)25-16(24-14)13(17)12(9-19-20-18)10-5-7-11(8-6-10)21(22)23/h5-8H,9H2,1-4H3. The number of benzene rings is 1. The lowest BCUT2D eigenvalue weighted by Gasteiger charge is -2.32. The minimum Gasteiger partial charge on any atom is -0.398 e. The lowest BCUT2D eigenvalue weighted by molar-refractivity contribution is -0.384. The van der Waals surface area contributed by atoms with Gasteiger partial charge in [0.25, 0.3) is 5.69 Å². The predicted molar refractivity (Wildman–Crippen MR) is 91.2 cm³/mol. The van der Waals surface area contributed by atoms with Crippen LogP contribution in [0.15, 0.2) is 35.1 Å². The third-order valence-corrected chi connectivity index (χ3v) is 4.47. The Balaban J connectivity index is 2.43. The molecule has 0 aromatic heterocycles. The van der Waals surface area contributed by atoms with Gasteiger partial charge < -0.3 is 9.31 Å². The van der Waals surface area contributed by atoms with Crippen LogP contribution in [0, 0.1) is 10.1 Å². The van der Waals surface area contributed by atoms with Gasteiger partial charge in [0.05, 0.1) is 22.7 Å². The molecule has 0 N–H and O–H groups in total. The molecule has 0 unspecified atom stereocenters. The summed E-state index contributed by atoms with van der Waals surface area (Å²) in [7, 11) is -1.25. The van der Waals surface area contributed by atoms with E-state index in [2.05, 4.69) is 10.0 Å². The van der Waals surface area contributed by atoms with Crippen LogP contribution in [-0.2, 0) is 9.31 Å². The molecule has 0 spiro atoms. The molecule has 1 heterocycles. The molecule has 0 atom stereocenters. The first kappa shape index (κ1) is 18.9. The lowest BCUT2D eigenvalue weighted by atomic mass is 9.82. The maximum absolute atomic E-state index is 15.0. The number of nitro benzene ring substituents is 1. The molecule has 1 fully saturated rings. The average Bonchev–Trinajstić information content (AvgIpc) is 2.76. The number of hydrogen-bond donors (Lipinski definition) is 0. The molecule has 1 aromatic carbocycles. The second-order valence-electron chi connectivity index (χ2n) is 6.61. The summed E-state index contributed by atoms with van der Waals surface area (Å²) in [5, 5.41) is 14.2. The molecule has 132 valence electrons. The summed E-state index contributed by atoms with van der Waals surface area (Å²) < 4.78 is 26.4. The third-order valence-electron chi connectivity index (χ3n) is 4.47. The summed E-state index contributed by atoms with van der Waals surface area (Å²) in [5.41, 5.74) is 6.67. The van der Waals surface area contributed by atoms with Crippen molar-refractivity contribution in [3.63, 3.8) is 0 Å². The molecule has 0 radical (unpaired) electrons. The molecule has 1 aliphatic heterocycles. The number of halogens is 1. The van der Waals surface area contributed by atoms with E-state index in [9.17, 15) is 10.1 Å². The monoisotopic (exact) mass is 348 g/mol. The SMILES string of the molecule is CC1(C)OB(C(F)=C(CN=[N+]=[N-])c2ccc([N+](=O)[O-])cc2)OC1(C)C. The van der Waals surface area contributed by atoms with Crippen molar-refractivity contribution >= 4 is 18.4 Å². The van der Waals surface area contributed by atoms with Gasteiger partial charge in [-0.25, -0.2) is 4.39 Å². The van der Waals surface area contributed by atoms with Crippen LogP contribution < -0.4 is 0 Å². The van der Waals surface area contributed by atoms with Crippen molar-refractivity contribution in [1.29, 1.82) is 0 Å². The molecule has 1 aliphatic rings. The fraction of sp³-hybridized carbons (Fsp3) is 0.467. The molecule has 8 nitrogen and oxygen atoms in total. The fourth-order valence-corrected chi connectivity index (χ4v) is 2.28. The number of non-ortho nitro benzene ring substituents is 1. The first-order chi connectivity index (χ1) is 11.6. The molecule has 0 amide bonds. The third kappa shape index (κ3) is 3.82. The Bertz CT molecular complexity index is 741. The van der Waals surface area contributed by atoms with Crippen LogP contribution in [0.4, 0.5) is 10.1 Å². The Hall–Kier alpha value is -2.42. The van der Waals surface area contributed by atoms with E-state index in [-0.39, 0.29) is 17.8 Å². The van der Waals surface area contributed by atoms with Gasteiger partial charge in [-0.3, -0.25) is 10.1 Å². The van der Waals surface area contributed by atoms with Crippen molar-refractivity contribution < 1.29 is 18.6 Å². The van der Waals surface area contributed by atoms with Crippen molar-refractivity contribution in [3.05, 3.63) is 56.1 Å². The van der Waals surface area contributed by atoms with Crippen LogP contribution in [0.2, 0.25) is 0 Å². The van der Waals surface area contributed by atoms with E-state index in [1.54, 1.807) is 27.7 Å². The minimum absolute atomic E-state index is 0.0613. The van der Waals surface area contributed by atoms with Crippen LogP contribution in [0.25, 0.3) is 16.0 Å². The van der Waals surface area contributed by atoms with Gasteiger partial charge in [0, 0.05) is 17.0 Å². The van der Waals surface area contributed by atoms with E-state index >= 15 is 4.39 Å². The summed E-state index contributed by atoms with van der Waals surface area (Å²) in [6.45, 7) is 6.89. The van der Waals surface area contributed by atoms with Crippen LogP contribution in [-0.4, -0.2) is 29.8 Å². The number of nitrogens with zero attached hydrogens (tertiary/aromatic N) is 4. The Morgan fingerprint density at radius 3 is 2.24 bits per heavy atom. The normalized spacial score (nSPS) is 19.2. The predicted octanol–water partition coefficient (Wildman–Crippen LogP) is 4.22. The first-order valence-corrected chi connectivity index (χ1v) is 7.59. The van der Waals surface area contributed by atoms with Gasteiger partial charge in [-0.2, -0.15) is 0 Å². The molecule has 0 aliphatic carbocycles. The second-order valence-corrected chi connectivity index (χ2v) is 6.61. The van der Waals surface area contributed by atoms with E-state index in [0.29, 0.717) is 5.56 Å². The van der Waals surface area contributed by atoms with Crippen LogP contribution in [0.3, 0.4) is 0 Å². The van der Waals surface area contributed by atoms with Crippen molar-refractivity contribution in [1.82, 2.24) is 0 Å². The summed E-state index contributed by atoms with van der Waals surface area (Å²) in [6, 6.07) is 5.29. The van der Waals surface area contributed by atoms with Gasteiger partial charge in [0.15, 0.2) is 0 Å². The van der Waals surface area contributed by atoms with Crippen molar-refractivity contribution in [3.8, 4) is 0 Å². The van der Waals surface area contributed by atoms with Gasteiger partial charge in [-0.05, 0) is 56.5 Å². The highest BCUT2D eigenvalue weighted by atomic mass is 19.1. The van der Waals surface area contributed by atoms with Crippen molar-refractivity contribution in [2.45, 2.75) is 38.9 Å². The molecular formula is C15H18BFN4O4. The zero-order chi connectivity index (χ0) is 18.8. The molecule has 0 saturated carbocycles. The molecule has 1 saturated heterocycles. The van der Waals surface area contributed by atoms with Gasteiger partial charge in [0.1, 0.15) is 5.73 Å². The van der Waals surface area contributed by atoms with Gasteiger partial charge >= 0.3 is 7.12 Å². The van der Waals surface area contributed by atoms with E-state index in [4.69, 9.17) is 14.8 Å². The first-order valence-electron chi connectivity index (χ1n) is 7.59. The summed E-state index contributed by atoms with van der Waals surface area (Å²) in [4.78, 5) is 12.8. The zero-order valence-corrected chi connectivity index (χ0v) is 14.4. The maximum atomic E-state index is 15.0. The van der Waals surface area contributed by atoms with Crippen LogP contribution >= 0.6 is 0 Å². The Morgan fingerprint density at radius 2 is 1.80 bits per heavy atom. The molecule has 25 heavy (non-hydrogen) atoms. The summed E-state index contributed by atoms with van der Waals surface area (Å²) in [6.07, 6.45) is 0. The van der Waals surface area contributed by atoms with E-state index < -0.39 is 29.0 Å². The topological polar surface area (TPSA) is 110 Å². The number of rotatable bonds is 5. The maximum Gasteiger partial charge on any atom is 0.525 e. The number of azide groups is 1. The highest BCUT2D eigenvalue weighted by Crippen LogP contribution is 2.40. The number of hydrogen-bond acceptors (Lipinski definition) is 5. The van der Waals surface area contributed by atoms with E-state index in [1.165, 1.54) is 24.3 Å². The highest BCUT2D eigenvalue weighted by Gasteiger charge is 2.53.